The Labute approximate surface area is 119 Å². The average molecular weight is 275 g/mol. The maximum atomic E-state index is 13.0. The van der Waals surface area contributed by atoms with Crippen molar-refractivity contribution in [3.05, 3.63) is 53.1 Å². The van der Waals surface area contributed by atoms with Crippen LogP contribution in [-0.4, -0.2) is 16.3 Å². The number of aryl methyl sites for hydroxylation is 2. The summed E-state index contributed by atoms with van der Waals surface area (Å²) >= 11 is 0. The lowest BCUT2D eigenvalue weighted by Crippen LogP contribution is -2.19. The number of hydrogen-bond acceptors (Lipinski definition) is 2. The SMILES string of the molecule is CCCn1nccc1CNCCc1ccc(F)cc1C. The zero-order valence-corrected chi connectivity index (χ0v) is 12.2. The van der Waals surface area contributed by atoms with Crippen molar-refractivity contribution in [1.82, 2.24) is 15.1 Å². The van der Waals surface area contributed by atoms with Crippen LogP contribution in [0, 0.1) is 12.7 Å². The van der Waals surface area contributed by atoms with Crippen molar-refractivity contribution < 1.29 is 4.39 Å². The van der Waals surface area contributed by atoms with E-state index in [2.05, 4.69) is 17.3 Å². The molecule has 1 heterocycles. The number of halogens is 1. The molecule has 1 aromatic heterocycles. The summed E-state index contributed by atoms with van der Waals surface area (Å²) in [7, 11) is 0. The van der Waals surface area contributed by atoms with E-state index in [-0.39, 0.29) is 5.82 Å². The van der Waals surface area contributed by atoms with E-state index in [0.29, 0.717) is 0 Å². The van der Waals surface area contributed by atoms with Gasteiger partial charge in [-0.1, -0.05) is 13.0 Å². The Hall–Kier alpha value is -1.68. The van der Waals surface area contributed by atoms with Crippen LogP contribution in [0.25, 0.3) is 0 Å². The monoisotopic (exact) mass is 275 g/mol. The Morgan fingerprint density at radius 2 is 2.15 bits per heavy atom. The van der Waals surface area contributed by atoms with Gasteiger partial charge in [-0.15, -0.1) is 0 Å². The second-order valence-corrected chi connectivity index (χ2v) is 5.04. The number of benzene rings is 1. The molecule has 0 spiro atoms. The predicted octanol–water partition coefficient (Wildman–Crippen LogP) is 3.07. The van der Waals surface area contributed by atoms with Crippen LogP contribution in [0.1, 0.15) is 30.2 Å². The van der Waals surface area contributed by atoms with Gasteiger partial charge in [-0.05, 0) is 55.6 Å². The maximum Gasteiger partial charge on any atom is 0.123 e. The lowest BCUT2D eigenvalue weighted by atomic mass is 10.1. The molecule has 1 N–H and O–H groups in total. The molecule has 0 radical (unpaired) electrons. The molecule has 0 saturated carbocycles. The van der Waals surface area contributed by atoms with Crippen molar-refractivity contribution in [3.8, 4) is 0 Å². The standard InChI is InChI=1S/C16H22FN3/c1-3-10-20-16(7-9-19-20)12-18-8-6-14-4-5-15(17)11-13(14)2/h4-5,7,9,11,18H,3,6,8,10,12H2,1-2H3. The summed E-state index contributed by atoms with van der Waals surface area (Å²) in [4.78, 5) is 0. The van der Waals surface area contributed by atoms with Crippen LogP contribution in [0.5, 0.6) is 0 Å². The second-order valence-electron chi connectivity index (χ2n) is 5.04. The highest BCUT2D eigenvalue weighted by Gasteiger charge is 2.02. The lowest BCUT2D eigenvalue weighted by molar-refractivity contribution is 0.550. The van der Waals surface area contributed by atoms with Crippen LogP contribution < -0.4 is 5.32 Å². The summed E-state index contributed by atoms with van der Waals surface area (Å²) in [6.07, 6.45) is 3.84. The van der Waals surface area contributed by atoms with Gasteiger partial charge in [0, 0.05) is 19.3 Å². The topological polar surface area (TPSA) is 29.9 Å². The lowest BCUT2D eigenvalue weighted by Gasteiger charge is -2.09. The minimum absolute atomic E-state index is 0.164. The fraction of sp³-hybridized carbons (Fsp3) is 0.438. The van der Waals surface area contributed by atoms with E-state index in [0.717, 1.165) is 38.0 Å². The van der Waals surface area contributed by atoms with Crippen molar-refractivity contribution in [2.45, 2.75) is 39.8 Å². The van der Waals surface area contributed by atoms with Gasteiger partial charge in [-0.3, -0.25) is 4.68 Å². The molecule has 0 aliphatic heterocycles. The zero-order chi connectivity index (χ0) is 14.4. The van der Waals surface area contributed by atoms with Crippen LogP contribution in [-0.2, 0) is 19.5 Å². The molecule has 0 aliphatic rings. The highest BCUT2D eigenvalue weighted by molar-refractivity contribution is 5.26. The van der Waals surface area contributed by atoms with Gasteiger partial charge in [0.2, 0.25) is 0 Å². The first kappa shape index (κ1) is 14.7. The minimum Gasteiger partial charge on any atom is -0.311 e. The molecule has 108 valence electrons. The number of hydrogen-bond donors (Lipinski definition) is 1. The van der Waals surface area contributed by atoms with E-state index in [1.54, 1.807) is 6.07 Å². The Morgan fingerprint density at radius 1 is 1.30 bits per heavy atom. The van der Waals surface area contributed by atoms with Crippen molar-refractivity contribution in [1.29, 1.82) is 0 Å². The third-order valence-corrected chi connectivity index (χ3v) is 3.42. The summed E-state index contributed by atoms with van der Waals surface area (Å²) in [6.45, 7) is 6.76. The van der Waals surface area contributed by atoms with Gasteiger partial charge in [0.05, 0.1) is 5.69 Å². The second kappa shape index (κ2) is 7.20. The molecule has 0 saturated heterocycles. The number of aromatic nitrogens is 2. The van der Waals surface area contributed by atoms with Gasteiger partial charge in [-0.25, -0.2) is 4.39 Å². The minimum atomic E-state index is -0.164. The molecule has 20 heavy (non-hydrogen) atoms. The van der Waals surface area contributed by atoms with E-state index < -0.39 is 0 Å². The molecule has 2 rings (SSSR count). The molecule has 4 heteroatoms. The van der Waals surface area contributed by atoms with E-state index in [9.17, 15) is 4.39 Å². The summed E-state index contributed by atoms with van der Waals surface area (Å²) in [5.74, 6) is -0.164. The smallest absolute Gasteiger partial charge is 0.123 e. The Bertz CT molecular complexity index is 548. The van der Waals surface area contributed by atoms with E-state index in [1.165, 1.54) is 17.3 Å². The normalized spacial score (nSPS) is 10.9. The summed E-state index contributed by atoms with van der Waals surface area (Å²) < 4.78 is 15.1. The molecule has 3 nitrogen and oxygen atoms in total. The summed E-state index contributed by atoms with van der Waals surface area (Å²) in [5, 5.41) is 7.72. The zero-order valence-electron chi connectivity index (χ0n) is 12.2. The fourth-order valence-corrected chi connectivity index (χ4v) is 2.30. The summed E-state index contributed by atoms with van der Waals surface area (Å²) in [5.41, 5.74) is 3.42. The number of nitrogens with zero attached hydrogens (tertiary/aromatic N) is 2. The number of nitrogens with one attached hydrogen (secondary N) is 1. The third kappa shape index (κ3) is 3.90. The fourth-order valence-electron chi connectivity index (χ4n) is 2.30. The largest absolute Gasteiger partial charge is 0.311 e. The van der Waals surface area contributed by atoms with Gasteiger partial charge in [0.25, 0.3) is 0 Å². The molecule has 0 fully saturated rings. The quantitative estimate of drug-likeness (QED) is 0.787. The van der Waals surface area contributed by atoms with Gasteiger partial charge in [-0.2, -0.15) is 5.10 Å². The molecule has 1 aromatic carbocycles. The molecule has 0 aliphatic carbocycles. The van der Waals surface area contributed by atoms with Crippen molar-refractivity contribution in [2.75, 3.05) is 6.54 Å². The van der Waals surface area contributed by atoms with Gasteiger partial charge in [0.15, 0.2) is 0 Å². The van der Waals surface area contributed by atoms with Crippen LogP contribution in [0.2, 0.25) is 0 Å². The van der Waals surface area contributed by atoms with Crippen molar-refractivity contribution in [3.63, 3.8) is 0 Å². The molecular weight excluding hydrogens is 253 g/mol. The Kier molecular flexibility index (Phi) is 5.30. The summed E-state index contributed by atoms with van der Waals surface area (Å²) in [6, 6.07) is 7.03. The van der Waals surface area contributed by atoms with Crippen molar-refractivity contribution >= 4 is 0 Å². The van der Waals surface area contributed by atoms with Crippen molar-refractivity contribution in [2.24, 2.45) is 0 Å². The molecule has 0 bridgehead atoms. The first-order valence-corrected chi connectivity index (χ1v) is 7.17. The maximum absolute atomic E-state index is 13.0. The third-order valence-electron chi connectivity index (χ3n) is 3.42. The first-order chi connectivity index (χ1) is 9.70. The van der Waals surface area contributed by atoms with E-state index in [4.69, 9.17) is 0 Å². The van der Waals surface area contributed by atoms with Gasteiger partial charge in [0.1, 0.15) is 5.82 Å². The molecule has 2 aromatic rings. The van der Waals surface area contributed by atoms with Crippen LogP contribution >= 0.6 is 0 Å². The molecule has 0 amide bonds. The highest BCUT2D eigenvalue weighted by Crippen LogP contribution is 2.10. The van der Waals surface area contributed by atoms with Crippen LogP contribution in [0.3, 0.4) is 0 Å². The Balaban J connectivity index is 1.80. The number of rotatable bonds is 7. The molecular formula is C16H22FN3. The predicted molar refractivity (Wildman–Crippen MR) is 79.1 cm³/mol. The Morgan fingerprint density at radius 3 is 2.90 bits per heavy atom. The van der Waals surface area contributed by atoms with E-state index in [1.807, 2.05) is 29.9 Å². The molecule has 0 atom stereocenters. The highest BCUT2D eigenvalue weighted by atomic mass is 19.1. The van der Waals surface area contributed by atoms with Crippen LogP contribution in [0.15, 0.2) is 30.5 Å². The molecule has 0 unspecified atom stereocenters. The van der Waals surface area contributed by atoms with E-state index >= 15 is 0 Å². The van der Waals surface area contributed by atoms with Gasteiger partial charge >= 0.3 is 0 Å². The van der Waals surface area contributed by atoms with Crippen LogP contribution in [0.4, 0.5) is 4.39 Å². The van der Waals surface area contributed by atoms with Gasteiger partial charge < -0.3 is 5.32 Å². The first-order valence-electron chi connectivity index (χ1n) is 7.17. The average Bonchev–Trinajstić information content (AvgIpc) is 2.85.